The molecule has 0 fully saturated rings. The van der Waals surface area contributed by atoms with Crippen molar-refractivity contribution in [1.82, 2.24) is 5.32 Å². The van der Waals surface area contributed by atoms with E-state index >= 15 is 0 Å². The third kappa shape index (κ3) is 5.61. The van der Waals surface area contributed by atoms with E-state index in [9.17, 15) is 13.2 Å². The van der Waals surface area contributed by atoms with Gasteiger partial charge < -0.3 is 10.1 Å². The van der Waals surface area contributed by atoms with Gasteiger partial charge in [-0.1, -0.05) is 18.5 Å². The first-order chi connectivity index (χ1) is 12.8. The molecule has 0 spiro atoms. The third-order valence-electron chi connectivity index (χ3n) is 3.90. The number of hydrogen-bond donors (Lipinski definition) is 2. The van der Waals surface area contributed by atoms with E-state index in [-0.39, 0.29) is 21.5 Å². The summed E-state index contributed by atoms with van der Waals surface area (Å²) in [6, 6.07) is 10.6. The number of amides is 1. The summed E-state index contributed by atoms with van der Waals surface area (Å²) >= 11 is 6.09. The Morgan fingerprint density at radius 3 is 2.41 bits per heavy atom. The number of hydrogen-bond acceptors (Lipinski definition) is 4. The number of rotatable bonds is 8. The van der Waals surface area contributed by atoms with Gasteiger partial charge >= 0.3 is 0 Å². The largest absolute Gasteiger partial charge is 0.494 e. The smallest absolute Gasteiger partial charge is 0.261 e. The Bertz CT molecular complexity index is 898. The van der Waals surface area contributed by atoms with E-state index in [1.54, 1.807) is 24.3 Å². The predicted molar refractivity (Wildman–Crippen MR) is 107 cm³/mol. The molecule has 2 N–H and O–H groups in total. The highest BCUT2D eigenvalue weighted by Gasteiger charge is 2.19. The Morgan fingerprint density at radius 2 is 1.81 bits per heavy atom. The summed E-state index contributed by atoms with van der Waals surface area (Å²) in [5.41, 5.74) is 0.505. The predicted octanol–water partition coefficient (Wildman–Crippen LogP) is 4.07. The fourth-order valence-corrected chi connectivity index (χ4v) is 3.54. The fourth-order valence-electron chi connectivity index (χ4n) is 2.25. The van der Waals surface area contributed by atoms with Crippen LogP contribution in [-0.2, 0) is 10.0 Å². The lowest BCUT2D eigenvalue weighted by molar-refractivity contribution is 0.0939. The molecule has 1 atom stereocenters. The molecule has 0 radical (unpaired) electrons. The van der Waals surface area contributed by atoms with Crippen LogP contribution in [0.25, 0.3) is 0 Å². The van der Waals surface area contributed by atoms with Gasteiger partial charge in [0.05, 0.1) is 22.1 Å². The lowest BCUT2D eigenvalue weighted by atomic mass is 10.2. The normalized spacial score (nSPS) is 12.3. The molecule has 0 aliphatic carbocycles. The van der Waals surface area contributed by atoms with Gasteiger partial charge in [-0.2, -0.15) is 0 Å². The number of carbonyl (C=O) groups excluding carboxylic acids is 1. The molecule has 2 rings (SSSR count). The zero-order chi connectivity index (χ0) is 20.0. The highest BCUT2D eigenvalue weighted by molar-refractivity contribution is 7.92. The van der Waals surface area contributed by atoms with Crippen LogP contribution >= 0.6 is 11.6 Å². The van der Waals surface area contributed by atoms with Crippen LogP contribution in [-0.4, -0.2) is 27.0 Å². The van der Waals surface area contributed by atoms with Crippen LogP contribution in [0, 0.1) is 0 Å². The van der Waals surface area contributed by atoms with Gasteiger partial charge in [0.15, 0.2) is 0 Å². The van der Waals surface area contributed by atoms with Crippen molar-refractivity contribution in [3.63, 3.8) is 0 Å². The van der Waals surface area contributed by atoms with Gasteiger partial charge in [-0.15, -0.1) is 0 Å². The van der Waals surface area contributed by atoms with Crippen molar-refractivity contribution in [3.8, 4) is 5.75 Å². The van der Waals surface area contributed by atoms with Crippen LogP contribution in [0.1, 0.15) is 37.6 Å². The molecule has 0 aliphatic rings. The van der Waals surface area contributed by atoms with Crippen molar-refractivity contribution in [2.45, 2.75) is 38.1 Å². The second-order valence-electron chi connectivity index (χ2n) is 5.99. The van der Waals surface area contributed by atoms with Gasteiger partial charge in [-0.3, -0.25) is 9.52 Å². The molecule has 0 heterocycles. The van der Waals surface area contributed by atoms with Crippen molar-refractivity contribution >= 4 is 33.2 Å². The van der Waals surface area contributed by atoms with Crippen LogP contribution in [0.3, 0.4) is 0 Å². The molecule has 0 aromatic heterocycles. The lowest BCUT2D eigenvalue weighted by Gasteiger charge is -2.14. The first kappa shape index (κ1) is 21.1. The summed E-state index contributed by atoms with van der Waals surface area (Å²) in [5, 5.41) is 2.97. The van der Waals surface area contributed by atoms with Gasteiger partial charge in [-0.25, -0.2) is 8.42 Å². The average molecular weight is 411 g/mol. The summed E-state index contributed by atoms with van der Waals surface area (Å²) < 4.78 is 33.1. The zero-order valence-electron chi connectivity index (χ0n) is 15.5. The van der Waals surface area contributed by atoms with Gasteiger partial charge in [0.2, 0.25) is 0 Å². The number of halogens is 1. The topological polar surface area (TPSA) is 84.5 Å². The average Bonchev–Trinajstić information content (AvgIpc) is 2.63. The molecule has 2 aromatic carbocycles. The van der Waals surface area contributed by atoms with Crippen molar-refractivity contribution in [3.05, 3.63) is 53.1 Å². The third-order valence-corrected chi connectivity index (χ3v) is 5.61. The Hall–Kier alpha value is -2.25. The van der Waals surface area contributed by atoms with Crippen LogP contribution in [0.15, 0.2) is 47.4 Å². The molecule has 1 amide bonds. The number of benzene rings is 2. The quantitative estimate of drug-likeness (QED) is 0.687. The van der Waals surface area contributed by atoms with Crippen LogP contribution in [0.4, 0.5) is 5.69 Å². The first-order valence-corrected chi connectivity index (χ1v) is 10.5. The molecule has 8 heteroatoms. The number of sulfonamides is 1. The number of nitrogens with one attached hydrogen (secondary N) is 2. The number of ether oxygens (including phenoxy) is 1. The number of anilines is 1. The Morgan fingerprint density at radius 1 is 1.15 bits per heavy atom. The fraction of sp³-hybridized carbons (Fsp3) is 0.316. The second kappa shape index (κ2) is 9.10. The maximum atomic E-state index is 12.7. The van der Waals surface area contributed by atoms with E-state index in [2.05, 4.69) is 10.0 Å². The minimum atomic E-state index is -3.87. The standard InChI is InChI=1S/C19H23ClN2O4S/c1-4-13(3)21-19(23)17-12-16(10-11-18(17)20)27(24,25)22-14-6-8-15(9-7-14)26-5-2/h6-13,22H,4-5H2,1-3H3,(H,21,23)/t13-/m0/s1. The second-order valence-corrected chi connectivity index (χ2v) is 8.08. The van der Waals surface area contributed by atoms with E-state index < -0.39 is 15.9 Å². The van der Waals surface area contributed by atoms with Crippen LogP contribution in [0.5, 0.6) is 5.75 Å². The SMILES string of the molecule is CCOc1ccc(NS(=O)(=O)c2ccc(Cl)c(C(=O)N[C@@H](C)CC)c2)cc1. The molecule has 6 nitrogen and oxygen atoms in total. The summed E-state index contributed by atoms with van der Waals surface area (Å²) in [4.78, 5) is 12.3. The summed E-state index contributed by atoms with van der Waals surface area (Å²) in [6.45, 7) is 6.19. The van der Waals surface area contributed by atoms with Gasteiger partial charge in [0.1, 0.15) is 5.75 Å². The molecule has 146 valence electrons. The van der Waals surface area contributed by atoms with Crippen molar-refractivity contribution in [1.29, 1.82) is 0 Å². The van der Waals surface area contributed by atoms with E-state index in [0.717, 1.165) is 6.42 Å². The highest BCUT2D eigenvalue weighted by atomic mass is 35.5. The van der Waals surface area contributed by atoms with Crippen molar-refractivity contribution in [2.75, 3.05) is 11.3 Å². The van der Waals surface area contributed by atoms with E-state index in [1.807, 2.05) is 20.8 Å². The molecule has 27 heavy (non-hydrogen) atoms. The minimum absolute atomic E-state index is 0.0455. The Kier molecular flexibility index (Phi) is 7.10. The Labute approximate surface area is 164 Å². The summed E-state index contributed by atoms with van der Waals surface area (Å²) in [5.74, 6) is 0.239. The van der Waals surface area contributed by atoms with E-state index in [4.69, 9.17) is 16.3 Å². The zero-order valence-corrected chi connectivity index (χ0v) is 17.0. The van der Waals surface area contributed by atoms with Crippen molar-refractivity contribution < 1.29 is 17.9 Å². The molecule has 2 aromatic rings. The maximum absolute atomic E-state index is 12.7. The van der Waals surface area contributed by atoms with Crippen LogP contribution in [0.2, 0.25) is 5.02 Å². The molecular weight excluding hydrogens is 388 g/mol. The molecule has 0 aliphatic heterocycles. The number of carbonyl (C=O) groups is 1. The molecule has 0 unspecified atom stereocenters. The minimum Gasteiger partial charge on any atom is -0.494 e. The highest BCUT2D eigenvalue weighted by Crippen LogP contribution is 2.24. The first-order valence-electron chi connectivity index (χ1n) is 8.63. The molecule has 0 saturated carbocycles. The summed E-state index contributed by atoms with van der Waals surface area (Å²) in [7, 11) is -3.87. The van der Waals surface area contributed by atoms with Crippen molar-refractivity contribution in [2.24, 2.45) is 0 Å². The van der Waals surface area contributed by atoms with Gasteiger partial charge in [0, 0.05) is 11.7 Å². The molecule has 0 saturated heterocycles. The van der Waals surface area contributed by atoms with Crippen LogP contribution < -0.4 is 14.8 Å². The van der Waals surface area contributed by atoms with Gasteiger partial charge in [-0.05, 0) is 62.7 Å². The summed E-state index contributed by atoms with van der Waals surface area (Å²) in [6.07, 6.45) is 0.751. The maximum Gasteiger partial charge on any atom is 0.261 e. The molecule has 0 bridgehead atoms. The van der Waals surface area contributed by atoms with Gasteiger partial charge in [0.25, 0.3) is 15.9 Å². The van der Waals surface area contributed by atoms with E-state index in [1.165, 1.54) is 18.2 Å². The lowest BCUT2D eigenvalue weighted by Crippen LogP contribution is -2.32. The Balaban J connectivity index is 2.25. The van der Waals surface area contributed by atoms with E-state index in [0.29, 0.717) is 18.0 Å². The monoisotopic (exact) mass is 410 g/mol. The molecular formula is C19H23ClN2O4S.